The number of aromatic hydroxyl groups is 1. The van der Waals surface area contributed by atoms with E-state index >= 15 is 0 Å². The van der Waals surface area contributed by atoms with Crippen LogP contribution in [0, 0.1) is 5.92 Å². The Bertz CT molecular complexity index is 1580. The van der Waals surface area contributed by atoms with Gasteiger partial charge in [0, 0.05) is 29.7 Å². The number of aliphatic hydroxyl groups is 3. The van der Waals surface area contributed by atoms with Crippen LogP contribution in [0.2, 0.25) is 0 Å². The summed E-state index contributed by atoms with van der Waals surface area (Å²) in [6.07, 6.45) is -0.706. The van der Waals surface area contributed by atoms with Crippen LogP contribution in [0.4, 0.5) is 5.69 Å². The number of rotatable bonds is 2. The van der Waals surface area contributed by atoms with Gasteiger partial charge in [0.2, 0.25) is 11.7 Å². The van der Waals surface area contributed by atoms with Crippen molar-refractivity contribution in [3.05, 3.63) is 76.3 Å². The summed E-state index contributed by atoms with van der Waals surface area (Å²) in [5.74, 6) is -8.37. The number of anilines is 1. The summed E-state index contributed by atoms with van der Waals surface area (Å²) in [5, 5.41) is 43.8. The Morgan fingerprint density at radius 2 is 1.65 bits per heavy atom. The van der Waals surface area contributed by atoms with Crippen molar-refractivity contribution in [1.29, 1.82) is 0 Å². The lowest BCUT2D eigenvalue weighted by atomic mass is 9.63. The van der Waals surface area contributed by atoms with E-state index in [1.165, 1.54) is 42.2 Å². The molecule has 206 valence electrons. The van der Waals surface area contributed by atoms with Crippen molar-refractivity contribution < 1.29 is 44.4 Å². The standard InChI is InChI=1S/C27H23N3O9S/c1-11(31)30-15-3-2-4-17(32)19(15)22(34)20-16(30)9-13-10-18(33)21(24(36)27(13,39)23(20)35)26(38)29-28-25(37)12-5-7-14(40)8-6-12/h2-8,13,16,32-33,35,39-40H,9-10H2,1H3,(H,28,37)(H,29,38). The number of thiol groups is 1. The van der Waals surface area contributed by atoms with Crippen LogP contribution in [-0.2, 0) is 14.4 Å². The lowest BCUT2D eigenvalue weighted by Gasteiger charge is -2.48. The summed E-state index contributed by atoms with van der Waals surface area (Å²) in [5.41, 5.74) is -0.180. The Morgan fingerprint density at radius 1 is 1.00 bits per heavy atom. The predicted octanol–water partition coefficient (Wildman–Crippen LogP) is 1.41. The molecule has 13 heteroatoms. The van der Waals surface area contributed by atoms with Crippen LogP contribution < -0.4 is 15.8 Å². The summed E-state index contributed by atoms with van der Waals surface area (Å²) in [4.78, 5) is 66.6. The number of nitrogens with zero attached hydrogens (tertiary/aromatic N) is 1. The van der Waals surface area contributed by atoms with Gasteiger partial charge in [-0.05, 0) is 42.8 Å². The third kappa shape index (κ3) is 3.93. The first-order valence-corrected chi connectivity index (χ1v) is 12.5. The highest BCUT2D eigenvalue weighted by Crippen LogP contribution is 2.51. The number of allylic oxidation sites excluding steroid dienone is 1. The average Bonchev–Trinajstić information content (AvgIpc) is 2.89. The molecule has 0 radical (unpaired) electrons. The molecule has 2 aromatic rings. The number of benzene rings is 2. The van der Waals surface area contributed by atoms with E-state index in [0.29, 0.717) is 4.90 Å². The van der Waals surface area contributed by atoms with E-state index in [1.54, 1.807) is 12.1 Å². The topological polar surface area (TPSA) is 194 Å². The van der Waals surface area contributed by atoms with Gasteiger partial charge in [0.25, 0.3) is 11.8 Å². The molecule has 12 nitrogen and oxygen atoms in total. The quantitative estimate of drug-likeness (QED) is 0.160. The normalized spacial score (nSPS) is 23.7. The smallest absolute Gasteiger partial charge is 0.276 e. The zero-order valence-corrected chi connectivity index (χ0v) is 21.7. The van der Waals surface area contributed by atoms with Crippen LogP contribution in [0.1, 0.15) is 40.5 Å². The van der Waals surface area contributed by atoms with Gasteiger partial charge in [-0.15, -0.1) is 12.6 Å². The maximum absolute atomic E-state index is 13.5. The van der Waals surface area contributed by atoms with Crippen LogP contribution in [0.25, 0.3) is 0 Å². The van der Waals surface area contributed by atoms with Gasteiger partial charge in [-0.25, -0.2) is 0 Å². The van der Waals surface area contributed by atoms with Crippen molar-refractivity contribution in [3.8, 4) is 5.75 Å². The Hall–Kier alpha value is -4.62. The van der Waals surface area contributed by atoms with Crippen molar-refractivity contribution in [3.63, 3.8) is 0 Å². The lowest BCUT2D eigenvalue weighted by molar-refractivity contribution is -0.144. The number of nitrogens with one attached hydrogen (secondary N) is 2. The number of Topliss-reactive ketones (excluding diaryl/α,β-unsaturated/α-hetero) is 2. The lowest BCUT2D eigenvalue weighted by Crippen LogP contribution is -2.61. The number of carbonyl (C=O) groups excluding carboxylic acids is 5. The van der Waals surface area contributed by atoms with Crippen LogP contribution in [0.3, 0.4) is 0 Å². The first-order chi connectivity index (χ1) is 18.9. The Morgan fingerprint density at radius 3 is 2.30 bits per heavy atom. The number of fused-ring (bicyclic) bond motifs is 3. The minimum Gasteiger partial charge on any atom is -0.511 e. The number of aliphatic hydroxyl groups excluding tert-OH is 2. The number of hydrazine groups is 1. The molecule has 3 amide bonds. The number of phenols is 1. The van der Waals surface area contributed by atoms with E-state index in [4.69, 9.17) is 0 Å². The van der Waals surface area contributed by atoms with Gasteiger partial charge in [0.15, 0.2) is 11.4 Å². The Balaban J connectivity index is 1.50. The monoisotopic (exact) mass is 565 g/mol. The van der Waals surface area contributed by atoms with E-state index < -0.39 is 81.7 Å². The summed E-state index contributed by atoms with van der Waals surface area (Å²) < 4.78 is 0. The zero-order valence-electron chi connectivity index (χ0n) is 20.8. The number of amides is 3. The largest absolute Gasteiger partial charge is 0.511 e. The highest BCUT2D eigenvalue weighted by atomic mass is 32.1. The number of phenolic OH excluding ortho intramolecular Hbond substituents is 1. The second kappa shape index (κ2) is 9.54. The third-order valence-electron chi connectivity index (χ3n) is 7.40. The second-order valence-corrected chi connectivity index (χ2v) is 10.2. The van der Waals surface area contributed by atoms with E-state index in [2.05, 4.69) is 18.1 Å². The van der Waals surface area contributed by atoms with Gasteiger partial charge >= 0.3 is 0 Å². The molecule has 0 aromatic heterocycles. The molecule has 0 spiro atoms. The summed E-state index contributed by atoms with van der Waals surface area (Å²) in [6.45, 7) is 1.21. The minimum absolute atomic E-state index is 0.0891. The van der Waals surface area contributed by atoms with Gasteiger partial charge in [0.1, 0.15) is 22.8 Å². The van der Waals surface area contributed by atoms with Crippen LogP contribution in [-0.4, -0.2) is 61.4 Å². The summed E-state index contributed by atoms with van der Waals surface area (Å²) in [7, 11) is 0. The zero-order chi connectivity index (χ0) is 29.1. The van der Waals surface area contributed by atoms with Crippen LogP contribution in [0.15, 0.2) is 70.0 Å². The fraction of sp³-hybridized carbons (Fsp3) is 0.222. The molecule has 3 unspecified atom stereocenters. The molecule has 0 fully saturated rings. The number of ketones is 2. The van der Waals surface area contributed by atoms with E-state index in [9.17, 15) is 44.4 Å². The molecular formula is C27H23N3O9S. The second-order valence-electron chi connectivity index (χ2n) is 9.68. The molecular weight excluding hydrogens is 542 g/mol. The Labute approximate surface area is 232 Å². The first kappa shape index (κ1) is 27.0. The maximum atomic E-state index is 13.5. The van der Waals surface area contributed by atoms with Gasteiger partial charge in [-0.1, -0.05) is 6.07 Å². The van der Waals surface area contributed by atoms with Crippen molar-refractivity contribution >= 4 is 47.6 Å². The SMILES string of the molecule is CC(=O)N1c2cccc(O)c2C(=O)C2=C(O)C3(O)C(=O)C(C(=O)NNC(=O)c4ccc(S)cc4)=C(O)CC3CC21. The van der Waals surface area contributed by atoms with E-state index in [-0.39, 0.29) is 23.2 Å². The maximum Gasteiger partial charge on any atom is 0.276 e. The van der Waals surface area contributed by atoms with Gasteiger partial charge in [-0.2, -0.15) is 0 Å². The Kier molecular flexibility index (Phi) is 6.43. The van der Waals surface area contributed by atoms with Crippen molar-refractivity contribution in [2.75, 3.05) is 4.90 Å². The molecule has 5 rings (SSSR count). The number of hydrogen-bond acceptors (Lipinski definition) is 10. The van der Waals surface area contributed by atoms with Crippen molar-refractivity contribution in [2.24, 2.45) is 5.92 Å². The fourth-order valence-electron chi connectivity index (χ4n) is 5.54. The molecule has 0 saturated heterocycles. The molecule has 1 heterocycles. The highest BCUT2D eigenvalue weighted by molar-refractivity contribution is 7.80. The molecule has 0 bridgehead atoms. The van der Waals surface area contributed by atoms with Gasteiger partial charge < -0.3 is 25.3 Å². The molecule has 40 heavy (non-hydrogen) atoms. The fourth-order valence-corrected chi connectivity index (χ4v) is 5.69. The molecule has 2 aliphatic carbocycles. The van der Waals surface area contributed by atoms with Crippen LogP contribution >= 0.6 is 12.6 Å². The van der Waals surface area contributed by atoms with Crippen molar-refractivity contribution in [1.82, 2.24) is 10.9 Å². The van der Waals surface area contributed by atoms with Crippen LogP contribution in [0.5, 0.6) is 5.75 Å². The molecule has 2 aromatic carbocycles. The average molecular weight is 566 g/mol. The molecule has 1 aliphatic heterocycles. The summed E-state index contributed by atoms with van der Waals surface area (Å²) >= 11 is 4.12. The van der Waals surface area contributed by atoms with E-state index in [1.807, 2.05) is 5.43 Å². The molecule has 3 atom stereocenters. The first-order valence-electron chi connectivity index (χ1n) is 12.1. The predicted molar refractivity (Wildman–Crippen MR) is 141 cm³/mol. The number of carbonyl (C=O) groups is 5. The van der Waals surface area contributed by atoms with Crippen molar-refractivity contribution in [2.45, 2.75) is 36.3 Å². The van der Waals surface area contributed by atoms with E-state index in [0.717, 1.165) is 0 Å². The number of hydrogen-bond donors (Lipinski definition) is 7. The minimum atomic E-state index is -2.81. The highest BCUT2D eigenvalue weighted by Gasteiger charge is 2.61. The molecule has 6 N–H and O–H groups in total. The summed E-state index contributed by atoms with van der Waals surface area (Å²) in [6, 6.07) is 8.91. The molecule has 0 saturated carbocycles. The van der Waals surface area contributed by atoms with Gasteiger partial charge in [0.05, 0.1) is 22.9 Å². The molecule has 3 aliphatic rings. The third-order valence-corrected chi connectivity index (χ3v) is 7.70. The van der Waals surface area contributed by atoms with Gasteiger partial charge in [-0.3, -0.25) is 34.8 Å².